The Bertz CT molecular complexity index is 615. The van der Waals surface area contributed by atoms with Gasteiger partial charge in [-0.15, -0.1) is 0 Å². The second-order valence-electron chi connectivity index (χ2n) is 4.46. The fourth-order valence-corrected chi connectivity index (χ4v) is 1.95. The monoisotopic (exact) mass is 292 g/mol. The molecule has 2 rings (SSSR count). The Morgan fingerprint density at radius 3 is 1.32 bits per heavy atom. The Balaban J connectivity index is 2.41. The van der Waals surface area contributed by atoms with E-state index in [-0.39, 0.29) is 0 Å². The summed E-state index contributed by atoms with van der Waals surface area (Å²) in [5.74, 6) is 0. The molecule has 110 valence electrons. The molecule has 0 bridgehead atoms. The third kappa shape index (κ3) is 4.45. The molecule has 2 amide bonds. The van der Waals surface area contributed by atoms with Crippen LogP contribution in [-0.2, 0) is 9.59 Å². The standard InChI is InChI=1S/C18H16N2O2/c21-13-19-17(11-15-7-3-1-4-8-15)18(20-14-22)12-16-9-5-2-6-10-16/h1-14H,(H,19,21)(H,20,22)/b17-11-,18-12-. The minimum atomic E-state index is 0.511. The van der Waals surface area contributed by atoms with Crippen molar-refractivity contribution in [3.05, 3.63) is 83.2 Å². The van der Waals surface area contributed by atoms with Crippen LogP contribution < -0.4 is 10.6 Å². The molecule has 0 fully saturated rings. The molecular weight excluding hydrogens is 276 g/mol. The Morgan fingerprint density at radius 1 is 0.636 bits per heavy atom. The van der Waals surface area contributed by atoms with Gasteiger partial charge < -0.3 is 10.6 Å². The van der Waals surface area contributed by atoms with Crippen molar-refractivity contribution in [1.82, 2.24) is 10.6 Å². The van der Waals surface area contributed by atoms with E-state index in [2.05, 4.69) is 10.6 Å². The number of carbonyl (C=O) groups is 2. The van der Waals surface area contributed by atoms with E-state index >= 15 is 0 Å². The first kappa shape index (κ1) is 15.3. The zero-order chi connectivity index (χ0) is 15.6. The van der Waals surface area contributed by atoms with Crippen LogP contribution in [-0.4, -0.2) is 12.8 Å². The summed E-state index contributed by atoms with van der Waals surface area (Å²) in [4.78, 5) is 21.7. The third-order valence-electron chi connectivity index (χ3n) is 2.94. The van der Waals surface area contributed by atoms with Crippen molar-refractivity contribution in [2.24, 2.45) is 0 Å². The van der Waals surface area contributed by atoms with E-state index in [0.717, 1.165) is 11.1 Å². The van der Waals surface area contributed by atoms with E-state index in [1.807, 2.05) is 60.7 Å². The summed E-state index contributed by atoms with van der Waals surface area (Å²) in [6.07, 6.45) is 4.75. The Morgan fingerprint density at radius 2 is 1.00 bits per heavy atom. The minimum absolute atomic E-state index is 0.511. The second-order valence-corrected chi connectivity index (χ2v) is 4.46. The first-order valence-corrected chi connectivity index (χ1v) is 6.77. The van der Waals surface area contributed by atoms with Crippen LogP contribution in [0.1, 0.15) is 11.1 Å². The second kappa shape index (κ2) is 8.21. The van der Waals surface area contributed by atoms with E-state index in [1.165, 1.54) is 0 Å². The van der Waals surface area contributed by atoms with Gasteiger partial charge in [-0.3, -0.25) is 9.59 Å². The Hall–Kier alpha value is -3.14. The van der Waals surface area contributed by atoms with E-state index in [0.29, 0.717) is 24.2 Å². The van der Waals surface area contributed by atoms with Gasteiger partial charge in [0.25, 0.3) is 0 Å². The van der Waals surface area contributed by atoms with Gasteiger partial charge in [0.1, 0.15) is 0 Å². The molecule has 4 heteroatoms. The van der Waals surface area contributed by atoms with Gasteiger partial charge >= 0.3 is 0 Å². The predicted molar refractivity (Wildman–Crippen MR) is 87.2 cm³/mol. The lowest BCUT2D eigenvalue weighted by molar-refractivity contribution is -0.110. The predicted octanol–water partition coefficient (Wildman–Crippen LogP) is 2.56. The van der Waals surface area contributed by atoms with Gasteiger partial charge in [-0.25, -0.2) is 0 Å². The molecule has 0 heterocycles. The van der Waals surface area contributed by atoms with Crippen LogP contribution in [0.5, 0.6) is 0 Å². The normalized spacial score (nSPS) is 11.6. The molecule has 0 aliphatic rings. The fourth-order valence-electron chi connectivity index (χ4n) is 1.95. The van der Waals surface area contributed by atoms with Crippen molar-refractivity contribution in [2.75, 3.05) is 0 Å². The highest BCUT2D eigenvalue weighted by atomic mass is 16.1. The van der Waals surface area contributed by atoms with Crippen LogP contribution in [0, 0.1) is 0 Å². The van der Waals surface area contributed by atoms with Crippen LogP contribution in [0.25, 0.3) is 12.2 Å². The van der Waals surface area contributed by atoms with Crippen LogP contribution in [0.4, 0.5) is 0 Å². The van der Waals surface area contributed by atoms with E-state index in [9.17, 15) is 9.59 Å². The Labute approximate surface area is 129 Å². The molecule has 2 N–H and O–H groups in total. The number of hydrogen-bond acceptors (Lipinski definition) is 2. The highest BCUT2D eigenvalue weighted by molar-refractivity contribution is 5.72. The van der Waals surface area contributed by atoms with Crippen LogP contribution in [0.3, 0.4) is 0 Å². The quantitative estimate of drug-likeness (QED) is 0.608. The number of carbonyl (C=O) groups excluding carboxylic acids is 2. The van der Waals surface area contributed by atoms with E-state index < -0.39 is 0 Å². The van der Waals surface area contributed by atoms with Crippen molar-refractivity contribution < 1.29 is 9.59 Å². The summed E-state index contributed by atoms with van der Waals surface area (Å²) >= 11 is 0. The number of rotatable bonds is 7. The van der Waals surface area contributed by atoms with Crippen LogP contribution >= 0.6 is 0 Å². The van der Waals surface area contributed by atoms with Crippen molar-refractivity contribution in [2.45, 2.75) is 0 Å². The van der Waals surface area contributed by atoms with Crippen LogP contribution in [0.15, 0.2) is 72.1 Å². The number of hydrogen-bond donors (Lipinski definition) is 2. The molecule has 4 nitrogen and oxygen atoms in total. The van der Waals surface area contributed by atoms with Crippen molar-refractivity contribution in [3.8, 4) is 0 Å². The largest absolute Gasteiger partial charge is 0.327 e. The van der Waals surface area contributed by atoms with Gasteiger partial charge in [-0.1, -0.05) is 60.7 Å². The molecular formula is C18H16N2O2. The Kier molecular flexibility index (Phi) is 5.70. The summed E-state index contributed by atoms with van der Waals surface area (Å²) < 4.78 is 0. The minimum Gasteiger partial charge on any atom is -0.327 e. The van der Waals surface area contributed by atoms with Gasteiger partial charge in [0, 0.05) is 0 Å². The lowest BCUT2D eigenvalue weighted by atomic mass is 10.1. The van der Waals surface area contributed by atoms with Gasteiger partial charge in [0.2, 0.25) is 12.8 Å². The maximum Gasteiger partial charge on any atom is 0.211 e. The summed E-state index contributed by atoms with van der Waals surface area (Å²) in [7, 11) is 0. The first-order chi connectivity index (χ1) is 10.8. The average molecular weight is 292 g/mol. The smallest absolute Gasteiger partial charge is 0.211 e. The summed E-state index contributed by atoms with van der Waals surface area (Å²) in [5, 5.41) is 5.25. The zero-order valence-corrected chi connectivity index (χ0v) is 11.9. The fraction of sp³-hybridized carbons (Fsp3) is 0. The molecule has 2 aromatic rings. The molecule has 0 aromatic heterocycles. The maximum atomic E-state index is 10.9. The van der Waals surface area contributed by atoms with E-state index in [4.69, 9.17) is 0 Å². The molecule has 0 atom stereocenters. The van der Waals surface area contributed by atoms with Gasteiger partial charge in [-0.2, -0.15) is 0 Å². The molecule has 0 unspecified atom stereocenters. The van der Waals surface area contributed by atoms with Gasteiger partial charge in [0.05, 0.1) is 11.4 Å². The van der Waals surface area contributed by atoms with Gasteiger partial charge in [0.15, 0.2) is 0 Å². The molecule has 0 saturated carbocycles. The molecule has 2 aromatic carbocycles. The molecule has 0 spiro atoms. The van der Waals surface area contributed by atoms with Crippen molar-refractivity contribution in [1.29, 1.82) is 0 Å². The van der Waals surface area contributed by atoms with Crippen LogP contribution in [0.2, 0.25) is 0 Å². The highest BCUT2D eigenvalue weighted by Crippen LogP contribution is 2.13. The number of nitrogens with one attached hydrogen (secondary N) is 2. The molecule has 0 aliphatic carbocycles. The SMILES string of the molecule is O=CNC(=C\c1ccccc1)/C(=C/c1ccccc1)NC=O. The molecule has 0 radical (unpaired) electrons. The lowest BCUT2D eigenvalue weighted by Crippen LogP contribution is -2.21. The van der Waals surface area contributed by atoms with Crippen molar-refractivity contribution in [3.63, 3.8) is 0 Å². The lowest BCUT2D eigenvalue weighted by Gasteiger charge is -2.10. The summed E-state index contributed by atoms with van der Waals surface area (Å²) in [6.45, 7) is 0. The average Bonchev–Trinajstić information content (AvgIpc) is 2.56. The molecule has 22 heavy (non-hydrogen) atoms. The van der Waals surface area contributed by atoms with Gasteiger partial charge in [-0.05, 0) is 23.3 Å². The molecule has 0 aliphatic heterocycles. The maximum absolute atomic E-state index is 10.9. The zero-order valence-electron chi connectivity index (χ0n) is 11.9. The first-order valence-electron chi connectivity index (χ1n) is 6.77. The summed E-state index contributed by atoms with van der Waals surface area (Å²) in [5.41, 5.74) is 2.85. The topological polar surface area (TPSA) is 58.2 Å². The highest BCUT2D eigenvalue weighted by Gasteiger charge is 2.05. The molecule has 0 saturated heterocycles. The number of amides is 2. The van der Waals surface area contributed by atoms with E-state index in [1.54, 1.807) is 12.2 Å². The summed E-state index contributed by atoms with van der Waals surface area (Å²) in [6, 6.07) is 19.1. The van der Waals surface area contributed by atoms with Crippen molar-refractivity contribution >= 4 is 25.0 Å². The third-order valence-corrected chi connectivity index (χ3v) is 2.94. The number of benzene rings is 2.